The van der Waals surface area contributed by atoms with Crippen LogP contribution in [0.15, 0.2) is 35.1 Å². The highest BCUT2D eigenvalue weighted by molar-refractivity contribution is 7.99. The van der Waals surface area contributed by atoms with Crippen molar-refractivity contribution >= 4 is 20.2 Å². The van der Waals surface area contributed by atoms with Crippen LogP contribution in [0.25, 0.3) is 0 Å². The third-order valence-electron chi connectivity index (χ3n) is 1.60. The molecule has 0 saturated heterocycles. The molecule has 0 fully saturated rings. The Balaban J connectivity index is 2.35. The largest absolute Gasteiger partial charge is 0.345 e. The lowest BCUT2D eigenvalue weighted by atomic mass is 11.0. The molecule has 0 amide bonds. The minimum absolute atomic E-state index is 0.604. The Morgan fingerprint density at radius 1 is 0.882 bits per heavy atom. The average molecular weight is 278 g/mol. The summed E-state index contributed by atoms with van der Waals surface area (Å²) in [6.45, 7) is 0. The van der Waals surface area contributed by atoms with Gasteiger partial charge in [-0.25, -0.2) is 9.97 Å². The maximum atomic E-state index is 11.5. The molecule has 92 valence electrons. The summed E-state index contributed by atoms with van der Waals surface area (Å²) in [6, 6.07) is 0. The van der Waals surface area contributed by atoms with Crippen molar-refractivity contribution in [3.05, 3.63) is 24.8 Å². The van der Waals surface area contributed by atoms with E-state index in [1.807, 2.05) is 0 Å². The molecule has 0 bridgehead atoms. The normalized spacial score (nSPS) is 12.7. The summed E-state index contributed by atoms with van der Waals surface area (Å²) >= 11 is 0. The van der Waals surface area contributed by atoms with Crippen LogP contribution in [0.3, 0.4) is 0 Å². The molecule has 0 aromatic carbocycles. The van der Waals surface area contributed by atoms with E-state index in [-0.39, 0.29) is 0 Å². The van der Waals surface area contributed by atoms with Gasteiger partial charge < -0.3 is 9.97 Å². The first-order valence-electron chi connectivity index (χ1n) is 4.12. The van der Waals surface area contributed by atoms with Gasteiger partial charge >= 0.3 is 20.2 Å². The Bertz CT molecular complexity index is 623. The van der Waals surface area contributed by atoms with Crippen LogP contribution in [0.4, 0.5) is 0 Å². The topological polar surface area (TPSA) is 135 Å². The number of aromatic nitrogens is 4. The standard InChI is InChI=1S/C6H6N4O5S2/c11-16(12,5-7-1-2-8-5)15-17(13,14)6-9-3-4-10-6/h1-4H,(H,7,8)(H,9,10). The van der Waals surface area contributed by atoms with Gasteiger partial charge in [-0.2, -0.15) is 16.8 Å². The van der Waals surface area contributed by atoms with Crippen LogP contribution in [0.2, 0.25) is 0 Å². The number of hydrogen-bond donors (Lipinski definition) is 2. The van der Waals surface area contributed by atoms with Crippen LogP contribution in [0, 0.1) is 0 Å². The predicted octanol–water partition coefficient (Wildman–Crippen LogP) is -0.773. The first kappa shape index (κ1) is 11.8. The minimum Gasteiger partial charge on any atom is -0.333 e. The van der Waals surface area contributed by atoms with Crippen molar-refractivity contribution in [3.63, 3.8) is 0 Å². The molecule has 2 N–H and O–H groups in total. The molecule has 17 heavy (non-hydrogen) atoms. The van der Waals surface area contributed by atoms with E-state index in [0.29, 0.717) is 0 Å². The number of nitrogens with zero attached hydrogens (tertiary/aromatic N) is 2. The summed E-state index contributed by atoms with van der Waals surface area (Å²) in [5.74, 6) is 0. The van der Waals surface area contributed by atoms with Crippen molar-refractivity contribution in [2.24, 2.45) is 0 Å². The van der Waals surface area contributed by atoms with E-state index in [9.17, 15) is 16.8 Å². The van der Waals surface area contributed by atoms with Crippen molar-refractivity contribution in [3.8, 4) is 0 Å². The lowest BCUT2D eigenvalue weighted by Gasteiger charge is -2.00. The molecule has 0 spiro atoms. The van der Waals surface area contributed by atoms with Gasteiger partial charge in [0.2, 0.25) is 0 Å². The van der Waals surface area contributed by atoms with E-state index < -0.39 is 30.5 Å². The quantitative estimate of drug-likeness (QED) is 0.749. The Morgan fingerprint density at radius 3 is 1.59 bits per heavy atom. The number of H-pyrrole nitrogens is 2. The molecule has 2 aromatic rings. The Labute approximate surface area is 96.1 Å². The zero-order valence-corrected chi connectivity index (χ0v) is 9.69. The summed E-state index contributed by atoms with van der Waals surface area (Å²) in [5, 5.41) is -1.21. The van der Waals surface area contributed by atoms with Crippen LogP contribution in [-0.4, -0.2) is 36.8 Å². The Morgan fingerprint density at radius 2 is 1.29 bits per heavy atom. The van der Waals surface area contributed by atoms with E-state index in [4.69, 9.17) is 0 Å². The third kappa shape index (κ3) is 2.35. The van der Waals surface area contributed by atoms with Gasteiger partial charge in [0.25, 0.3) is 10.3 Å². The summed E-state index contributed by atoms with van der Waals surface area (Å²) in [4.78, 5) is 11.2. The van der Waals surface area contributed by atoms with Gasteiger partial charge in [0.1, 0.15) is 0 Å². The minimum atomic E-state index is -4.52. The second-order valence-corrected chi connectivity index (χ2v) is 5.90. The van der Waals surface area contributed by atoms with E-state index in [1.165, 1.54) is 12.4 Å². The number of rotatable bonds is 4. The zero-order chi connectivity index (χ0) is 12.5. The van der Waals surface area contributed by atoms with Crippen LogP contribution in [0.5, 0.6) is 0 Å². The second kappa shape index (κ2) is 3.94. The number of imidazole rings is 2. The summed E-state index contributed by atoms with van der Waals surface area (Å²) in [7, 11) is -9.03. The van der Waals surface area contributed by atoms with Crippen molar-refractivity contribution in [1.82, 2.24) is 19.9 Å². The zero-order valence-electron chi connectivity index (χ0n) is 8.06. The highest BCUT2D eigenvalue weighted by Gasteiger charge is 2.30. The average Bonchev–Trinajstić information content (AvgIpc) is 2.91. The fourth-order valence-corrected chi connectivity index (χ4v) is 3.22. The van der Waals surface area contributed by atoms with Gasteiger partial charge in [0.15, 0.2) is 0 Å². The molecule has 2 rings (SSSR count). The molecule has 0 aliphatic rings. The molecule has 2 heterocycles. The SMILES string of the molecule is O=S(=O)(OS(=O)(=O)c1ncc[nH]1)c1ncc[nH]1. The molecule has 9 nitrogen and oxygen atoms in total. The van der Waals surface area contributed by atoms with E-state index in [0.717, 1.165) is 12.4 Å². The number of nitrogens with one attached hydrogen (secondary N) is 2. The molecule has 0 unspecified atom stereocenters. The number of aromatic amines is 2. The lowest BCUT2D eigenvalue weighted by molar-refractivity contribution is 0.452. The first-order chi connectivity index (χ1) is 7.92. The first-order valence-corrected chi connectivity index (χ1v) is 6.93. The van der Waals surface area contributed by atoms with Crippen molar-refractivity contribution < 1.29 is 20.5 Å². The van der Waals surface area contributed by atoms with Crippen molar-refractivity contribution in [2.75, 3.05) is 0 Å². The van der Waals surface area contributed by atoms with Gasteiger partial charge in [-0.1, -0.05) is 0 Å². The maximum absolute atomic E-state index is 11.5. The van der Waals surface area contributed by atoms with E-state index in [2.05, 4.69) is 23.6 Å². The third-order valence-corrected chi connectivity index (χ3v) is 4.43. The molecular formula is C6H6N4O5S2. The van der Waals surface area contributed by atoms with Crippen molar-refractivity contribution in [2.45, 2.75) is 10.3 Å². The van der Waals surface area contributed by atoms with Gasteiger partial charge in [0.05, 0.1) is 0 Å². The van der Waals surface area contributed by atoms with Crippen molar-refractivity contribution in [1.29, 1.82) is 0 Å². The Hall–Kier alpha value is -1.72. The van der Waals surface area contributed by atoms with Crippen LogP contribution >= 0.6 is 0 Å². The fraction of sp³-hybridized carbons (Fsp3) is 0. The fourth-order valence-electron chi connectivity index (χ4n) is 0.957. The molecule has 11 heteroatoms. The highest BCUT2D eigenvalue weighted by atomic mass is 32.3. The number of hydrogen-bond acceptors (Lipinski definition) is 7. The summed E-state index contributed by atoms with van der Waals surface area (Å²) in [6.07, 6.45) is 4.73. The molecule has 0 aliphatic carbocycles. The van der Waals surface area contributed by atoms with Gasteiger partial charge in [-0.15, -0.1) is 3.63 Å². The Kier molecular flexibility index (Phi) is 2.73. The second-order valence-electron chi connectivity index (χ2n) is 2.76. The summed E-state index contributed by atoms with van der Waals surface area (Å²) in [5.41, 5.74) is 0. The highest BCUT2D eigenvalue weighted by Crippen LogP contribution is 2.14. The van der Waals surface area contributed by atoms with E-state index >= 15 is 0 Å². The van der Waals surface area contributed by atoms with Crippen LogP contribution < -0.4 is 0 Å². The molecule has 0 saturated carbocycles. The van der Waals surface area contributed by atoms with Gasteiger partial charge in [-0.3, -0.25) is 0 Å². The van der Waals surface area contributed by atoms with Gasteiger partial charge in [-0.05, 0) is 0 Å². The summed E-state index contributed by atoms with van der Waals surface area (Å²) < 4.78 is 49.9. The van der Waals surface area contributed by atoms with E-state index in [1.54, 1.807) is 0 Å². The smallest absolute Gasteiger partial charge is 0.333 e. The van der Waals surface area contributed by atoms with Crippen LogP contribution in [-0.2, 0) is 23.9 Å². The monoisotopic (exact) mass is 278 g/mol. The molecule has 2 aromatic heterocycles. The van der Waals surface area contributed by atoms with Gasteiger partial charge in [0, 0.05) is 24.8 Å². The lowest BCUT2D eigenvalue weighted by Crippen LogP contribution is -2.16. The van der Waals surface area contributed by atoms with Crippen LogP contribution in [0.1, 0.15) is 0 Å². The molecule has 0 atom stereocenters. The maximum Gasteiger partial charge on any atom is 0.345 e. The molecule has 0 aliphatic heterocycles. The molecular weight excluding hydrogens is 272 g/mol. The predicted molar refractivity (Wildman–Crippen MR) is 52.6 cm³/mol. The molecule has 0 radical (unpaired) electrons.